The van der Waals surface area contributed by atoms with E-state index in [1.165, 1.54) is 77.6 Å². The largest absolute Gasteiger partial charge is 0.463 e. The fraction of sp³-hybridized carbons (Fsp3) is 0.944. The van der Waals surface area contributed by atoms with Crippen molar-refractivity contribution >= 4 is 5.97 Å². The Morgan fingerprint density at radius 2 is 1.30 bits per heavy atom. The summed E-state index contributed by atoms with van der Waals surface area (Å²) in [5.74, 6) is 0.320. The standard InChI is InChI=1S/C18H36O2/c1-5-6-7-8-9-10-11-12-13-14-15-16(2)17(3)20-18(4)19/h16-17H,5-15H2,1-4H3. The van der Waals surface area contributed by atoms with Gasteiger partial charge in [0.1, 0.15) is 6.10 Å². The summed E-state index contributed by atoms with van der Waals surface area (Å²) in [4.78, 5) is 10.9. The van der Waals surface area contributed by atoms with Crippen molar-refractivity contribution in [3.63, 3.8) is 0 Å². The number of rotatable bonds is 13. The van der Waals surface area contributed by atoms with Crippen molar-refractivity contribution in [2.24, 2.45) is 5.92 Å². The van der Waals surface area contributed by atoms with Crippen LogP contribution in [-0.2, 0) is 9.53 Å². The van der Waals surface area contributed by atoms with Gasteiger partial charge in [0.25, 0.3) is 0 Å². The Labute approximate surface area is 126 Å². The Kier molecular flexibility index (Phi) is 13.1. The molecule has 120 valence electrons. The molecule has 0 saturated carbocycles. The summed E-state index contributed by atoms with van der Waals surface area (Å²) in [6.07, 6.45) is 15.0. The molecule has 0 aliphatic carbocycles. The van der Waals surface area contributed by atoms with Crippen molar-refractivity contribution in [1.29, 1.82) is 0 Å². The minimum absolute atomic E-state index is 0.0612. The van der Waals surface area contributed by atoms with E-state index < -0.39 is 0 Å². The van der Waals surface area contributed by atoms with E-state index in [0.717, 1.165) is 0 Å². The van der Waals surface area contributed by atoms with Crippen molar-refractivity contribution in [3.05, 3.63) is 0 Å². The summed E-state index contributed by atoms with van der Waals surface area (Å²) < 4.78 is 5.22. The van der Waals surface area contributed by atoms with Crippen LogP contribution in [0.4, 0.5) is 0 Å². The molecule has 0 spiro atoms. The van der Waals surface area contributed by atoms with Crippen molar-refractivity contribution in [3.8, 4) is 0 Å². The van der Waals surface area contributed by atoms with Crippen LogP contribution in [0, 0.1) is 5.92 Å². The van der Waals surface area contributed by atoms with Crippen LogP contribution in [0.2, 0.25) is 0 Å². The monoisotopic (exact) mass is 284 g/mol. The van der Waals surface area contributed by atoms with E-state index >= 15 is 0 Å². The second-order valence-corrected chi connectivity index (χ2v) is 6.26. The van der Waals surface area contributed by atoms with Crippen LogP contribution in [0.5, 0.6) is 0 Å². The molecule has 20 heavy (non-hydrogen) atoms. The van der Waals surface area contributed by atoms with Gasteiger partial charge < -0.3 is 4.74 Å². The van der Waals surface area contributed by atoms with Gasteiger partial charge in [-0.25, -0.2) is 0 Å². The summed E-state index contributed by atoms with van der Waals surface area (Å²) in [5, 5.41) is 0. The molecule has 0 aliphatic heterocycles. The van der Waals surface area contributed by atoms with E-state index in [1.54, 1.807) is 0 Å². The van der Waals surface area contributed by atoms with Gasteiger partial charge >= 0.3 is 5.97 Å². The number of esters is 1. The van der Waals surface area contributed by atoms with Crippen molar-refractivity contribution in [1.82, 2.24) is 0 Å². The number of ether oxygens (including phenoxy) is 1. The Hall–Kier alpha value is -0.530. The lowest BCUT2D eigenvalue weighted by Gasteiger charge is -2.19. The highest BCUT2D eigenvalue weighted by Crippen LogP contribution is 2.17. The lowest BCUT2D eigenvalue weighted by atomic mass is 9.97. The topological polar surface area (TPSA) is 26.3 Å². The maximum atomic E-state index is 10.9. The van der Waals surface area contributed by atoms with E-state index in [-0.39, 0.29) is 12.1 Å². The Morgan fingerprint density at radius 3 is 1.75 bits per heavy atom. The third-order valence-corrected chi connectivity index (χ3v) is 4.17. The molecular weight excluding hydrogens is 248 g/mol. The van der Waals surface area contributed by atoms with E-state index in [1.807, 2.05) is 6.92 Å². The van der Waals surface area contributed by atoms with E-state index in [4.69, 9.17) is 4.74 Å². The first kappa shape index (κ1) is 19.5. The molecule has 2 heteroatoms. The Bertz CT molecular complexity index is 225. The van der Waals surface area contributed by atoms with Gasteiger partial charge in [-0.2, -0.15) is 0 Å². The molecule has 0 bridgehead atoms. The first-order valence-corrected chi connectivity index (χ1v) is 8.75. The zero-order chi connectivity index (χ0) is 15.2. The molecular formula is C18H36O2. The maximum Gasteiger partial charge on any atom is 0.302 e. The molecule has 0 aliphatic rings. The molecule has 2 atom stereocenters. The van der Waals surface area contributed by atoms with Crippen LogP contribution in [0.1, 0.15) is 98.3 Å². The number of hydrogen-bond acceptors (Lipinski definition) is 2. The maximum absolute atomic E-state index is 10.9. The molecule has 0 N–H and O–H groups in total. The SMILES string of the molecule is CCCCCCCCCCCCC(C)C(C)OC(C)=O. The fourth-order valence-corrected chi connectivity index (χ4v) is 2.57. The first-order chi connectivity index (χ1) is 9.57. The van der Waals surface area contributed by atoms with Crippen molar-refractivity contribution in [2.75, 3.05) is 0 Å². The molecule has 0 amide bonds. The molecule has 0 aromatic heterocycles. The third-order valence-electron chi connectivity index (χ3n) is 4.17. The summed E-state index contributed by atoms with van der Waals surface area (Å²) in [5.41, 5.74) is 0. The van der Waals surface area contributed by atoms with Gasteiger partial charge in [0, 0.05) is 6.92 Å². The van der Waals surface area contributed by atoms with E-state index in [2.05, 4.69) is 13.8 Å². The molecule has 0 rings (SSSR count). The van der Waals surface area contributed by atoms with Crippen molar-refractivity contribution in [2.45, 2.75) is 104 Å². The number of carbonyl (C=O) groups is 1. The van der Waals surface area contributed by atoms with Crippen LogP contribution in [0.3, 0.4) is 0 Å². The Balaban J connectivity index is 3.28. The van der Waals surface area contributed by atoms with Crippen LogP contribution >= 0.6 is 0 Å². The molecule has 0 fully saturated rings. The zero-order valence-corrected chi connectivity index (χ0v) is 14.2. The second kappa shape index (κ2) is 13.5. The average Bonchev–Trinajstić information content (AvgIpc) is 2.39. The smallest absolute Gasteiger partial charge is 0.302 e. The lowest BCUT2D eigenvalue weighted by Crippen LogP contribution is -2.20. The van der Waals surface area contributed by atoms with Crippen LogP contribution in [0.25, 0.3) is 0 Å². The van der Waals surface area contributed by atoms with Gasteiger partial charge in [-0.3, -0.25) is 4.79 Å². The third kappa shape index (κ3) is 12.5. The van der Waals surface area contributed by atoms with Gasteiger partial charge in [-0.05, 0) is 19.3 Å². The van der Waals surface area contributed by atoms with Gasteiger partial charge in [0.2, 0.25) is 0 Å². The lowest BCUT2D eigenvalue weighted by molar-refractivity contribution is -0.147. The number of hydrogen-bond donors (Lipinski definition) is 0. The first-order valence-electron chi connectivity index (χ1n) is 8.75. The predicted molar refractivity (Wildman–Crippen MR) is 86.9 cm³/mol. The van der Waals surface area contributed by atoms with Gasteiger partial charge in [-0.1, -0.05) is 78.1 Å². The molecule has 0 heterocycles. The Morgan fingerprint density at radius 1 is 0.850 bits per heavy atom. The van der Waals surface area contributed by atoms with Crippen LogP contribution in [0.15, 0.2) is 0 Å². The van der Waals surface area contributed by atoms with Crippen molar-refractivity contribution < 1.29 is 9.53 Å². The molecule has 0 aromatic rings. The van der Waals surface area contributed by atoms with E-state index in [0.29, 0.717) is 5.92 Å². The van der Waals surface area contributed by atoms with Crippen LogP contribution in [-0.4, -0.2) is 12.1 Å². The highest BCUT2D eigenvalue weighted by Gasteiger charge is 2.14. The molecule has 2 nitrogen and oxygen atoms in total. The number of unbranched alkanes of at least 4 members (excludes halogenated alkanes) is 9. The predicted octanol–water partition coefficient (Wildman–Crippen LogP) is 5.89. The normalized spacial score (nSPS) is 14.0. The van der Waals surface area contributed by atoms with Gasteiger partial charge in [0.15, 0.2) is 0 Å². The summed E-state index contributed by atoms with van der Waals surface area (Å²) in [6.45, 7) is 7.94. The minimum atomic E-state index is -0.160. The van der Waals surface area contributed by atoms with E-state index in [9.17, 15) is 4.79 Å². The average molecular weight is 284 g/mol. The summed E-state index contributed by atoms with van der Waals surface area (Å²) in [7, 11) is 0. The highest BCUT2D eigenvalue weighted by atomic mass is 16.5. The second-order valence-electron chi connectivity index (χ2n) is 6.26. The van der Waals surface area contributed by atoms with Gasteiger partial charge in [0.05, 0.1) is 0 Å². The number of carbonyl (C=O) groups excluding carboxylic acids is 1. The van der Waals surface area contributed by atoms with Crippen LogP contribution < -0.4 is 0 Å². The molecule has 0 radical (unpaired) electrons. The summed E-state index contributed by atoms with van der Waals surface area (Å²) >= 11 is 0. The van der Waals surface area contributed by atoms with Gasteiger partial charge in [-0.15, -0.1) is 0 Å². The minimum Gasteiger partial charge on any atom is -0.463 e. The summed E-state index contributed by atoms with van der Waals surface area (Å²) in [6, 6.07) is 0. The quantitative estimate of drug-likeness (QED) is 0.311. The molecule has 2 unspecified atom stereocenters. The molecule has 0 saturated heterocycles. The highest BCUT2D eigenvalue weighted by molar-refractivity contribution is 5.66. The fourth-order valence-electron chi connectivity index (χ4n) is 2.57. The molecule has 0 aromatic carbocycles. The zero-order valence-electron chi connectivity index (χ0n) is 14.2.